The van der Waals surface area contributed by atoms with Crippen molar-refractivity contribution in [2.75, 3.05) is 26.2 Å². The Morgan fingerprint density at radius 1 is 1.04 bits per heavy atom. The summed E-state index contributed by atoms with van der Waals surface area (Å²) in [6, 6.07) is 7.06. The van der Waals surface area contributed by atoms with Gasteiger partial charge in [-0.3, -0.25) is 9.69 Å². The molecule has 1 amide bonds. The lowest BCUT2D eigenvalue weighted by Gasteiger charge is -2.27. The molecule has 1 atom stereocenters. The van der Waals surface area contributed by atoms with Crippen molar-refractivity contribution < 1.29 is 13.2 Å². The van der Waals surface area contributed by atoms with Gasteiger partial charge in [-0.15, -0.1) is 0 Å². The van der Waals surface area contributed by atoms with Gasteiger partial charge >= 0.3 is 0 Å². The fourth-order valence-corrected chi connectivity index (χ4v) is 5.72. The topological polar surface area (TPSA) is 69.7 Å². The van der Waals surface area contributed by atoms with Crippen LogP contribution in [0.15, 0.2) is 29.2 Å². The number of benzene rings is 1. The monoisotopic (exact) mass is 377 g/mol. The van der Waals surface area contributed by atoms with Gasteiger partial charge in [0.25, 0.3) is 5.91 Å². The lowest BCUT2D eigenvalue weighted by Crippen LogP contribution is -2.40. The minimum absolute atomic E-state index is 0.176. The second-order valence-corrected chi connectivity index (χ2v) is 9.62. The van der Waals surface area contributed by atoms with E-state index in [1.54, 1.807) is 22.5 Å². The first-order valence-electron chi connectivity index (χ1n) is 9.69. The van der Waals surface area contributed by atoms with Gasteiger partial charge in [-0.05, 0) is 69.8 Å². The standard InChI is InChI=1S/C19H27N3O3S/c23-19(20-16-6-2-7-16)15-5-1-9-18(13-15)26(24,25)22-12-4-11-21-10-3-8-17(21)14-22/h1,5,9,13,16-17H,2-4,6-8,10-12,14H2,(H,20,23)/t17-/m0/s1. The number of amides is 1. The predicted octanol–water partition coefficient (Wildman–Crippen LogP) is 1.83. The quantitative estimate of drug-likeness (QED) is 0.869. The van der Waals surface area contributed by atoms with Gasteiger partial charge in [-0.25, -0.2) is 8.42 Å². The third-order valence-electron chi connectivity index (χ3n) is 5.94. The minimum atomic E-state index is -3.57. The van der Waals surface area contributed by atoms with Crippen LogP contribution < -0.4 is 5.32 Å². The first-order valence-corrected chi connectivity index (χ1v) is 11.1. The van der Waals surface area contributed by atoms with E-state index in [0.29, 0.717) is 24.7 Å². The number of hydrogen-bond donors (Lipinski definition) is 1. The molecule has 3 aliphatic rings. The van der Waals surface area contributed by atoms with Crippen LogP contribution in [-0.4, -0.2) is 61.8 Å². The normalized spacial score (nSPS) is 25.3. The zero-order chi connectivity index (χ0) is 18.1. The molecule has 0 spiro atoms. The van der Waals surface area contributed by atoms with Crippen molar-refractivity contribution >= 4 is 15.9 Å². The third-order valence-corrected chi connectivity index (χ3v) is 7.80. The van der Waals surface area contributed by atoms with Gasteiger partial charge < -0.3 is 5.32 Å². The van der Waals surface area contributed by atoms with E-state index >= 15 is 0 Å². The van der Waals surface area contributed by atoms with Crippen molar-refractivity contribution in [3.63, 3.8) is 0 Å². The average Bonchev–Trinajstić information content (AvgIpc) is 2.94. The first-order chi connectivity index (χ1) is 12.5. The van der Waals surface area contributed by atoms with Crippen LogP contribution in [0.5, 0.6) is 0 Å². The van der Waals surface area contributed by atoms with Gasteiger partial charge in [0, 0.05) is 30.7 Å². The van der Waals surface area contributed by atoms with Gasteiger partial charge in [0.05, 0.1) is 4.90 Å². The Labute approximate surface area is 155 Å². The van der Waals surface area contributed by atoms with Crippen LogP contribution in [-0.2, 0) is 10.0 Å². The zero-order valence-corrected chi connectivity index (χ0v) is 15.9. The van der Waals surface area contributed by atoms with Crippen LogP contribution in [0.1, 0.15) is 48.9 Å². The summed E-state index contributed by atoms with van der Waals surface area (Å²) in [7, 11) is -3.57. The van der Waals surface area contributed by atoms with Crippen LogP contribution in [0, 0.1) is 0 Å². The molecule has 0 unspecified atom stereocenters. The molecular weight excluding hydrogens is 350 g/mol. The Bertz CT molecular complexity index is 776. The van der Waals surface area contributed by atoms with Crippen LogP contribution >= 0.6 is 0 Å². The molecule has 1 aliphatic carbocycles. The number of rotatable bonds is 4. The molecule has 4 rings (SSSR count). The van der Waals surface area contributed by atoms with Gasteiger partial charge in [0.15, 0.2) is 0 Å². The van der Waals surface area contributed by atoms with E-state index in [2.05, 4.69) is 10.2 Å². The highest BCUT2D eigenvalue weighted by Gasteiger charge is 2.34. The molecule has 2 heterocycles. The summed E-state index contributed by atoms with van der Waals surface area (Å²) in [6.45, 7) is 3.16. The predicted molar refractivity (Wildman–Crippen MR) is 99.5 cm³/mol. The lowest BCUT2D eigenvalue weighted by molar-refractivity contribution is 0.0916. The maximum Gasteiger partial charge on any atom is 0.251 e. The van der Waals surface area contributed by atoms with E-state index in [-0.39, 0.29) is 16.8 Å². The summed E-state index contributed by atoms with van der Waals surface area (Å²) < 4.78 is 28.0. The van der Waals surface area contributed by atoms with Crippen molar-refractivity contribution in [2.24, 2.45) is 0 Å². The zero-order valence-electron chi connectivity index (χ0n) is 15.1. The van der Waals surface area contributed by atoms with E-state index in [9.17, 15) is 13.2 Å². The number of sulfonamides is 1. The Kier molecular flexibility index (Phi) is 5.03. The number of hydrogen-bond acceptors (Lipinski definition) is 4. The second kappa shape index (κ2) is 7.29. The molecule has 26 heavy (non-hydrogen) atoms. The summed E-state index contributed by atoms with van der Waals surface area (Å²) in [5, 5.41) is 2.98. The molecule has 6 nitrogen and oxygen atoms in total. The number of nitrogens with zero attached hydrogens (tertiary/aromatic N) is 2. The lowest BCUT2D eigenvalue weighted by atomic mass is 9.93. The maximum atomic E-state index is 13.2. The largest absolute Gasteiger partial charge is 0.349 e. The molecule has 142 valence electrons. The van der Waals surface area contributed by atoms with Crippen molar-refractivity contribution in [3.05, 3.63) is 29.8 Å². The summed E-state index contributed by atoms with van der Waals surface area (Å²) in [4.78, 5) is 15.0. The van der Waals surface area contributed by atoms with Gasteiger partial charge in [-0.1, -0.05) is 6.07 Å². The molecule has 0 bridgehead atoms. The van der Waals surface area contributed by atoms with Crippen molar-refractivity contribution in [1.82, 2.24) is 14.5 Å². The molecule has 1 N–H and O–H groups in total. The highest BCUT2D eigenvalue weighted by atomic mass is 32.2. The smallest absolute Gasteiger partial charge is 0.251 e. The van der Waals surface area contributed by atoms with Crippen molar-refractivity contribution in [1.29, 1.82) is 0 Å². The number of carbonyl (C=O) groups is 1. The van der Waals surface area contributed by atoms with E-state index in [4.69, 9.17) is 0 Å². The molecule has 1 aromatic carbocycles. The van der Waals surface area contributed by atoms with Crippen LogP contribution in [0.2, 0.25) is 0 Å². The SMILES string of the molecule is O=C(NC1CCC1)c1cccc(S(=O)(=O)N2CCCN3CCC[C@H]3C2)c1. The fourth-order valence-electron chi connectivity index (χ4n) is 4.16. The van der Waals surface area contributed by atoms with E-state index in [1.807, 2.05) is 0 Å². The summed E-state index contributed by atoms with van der Waals surface area (Å²) in [5.74, 6) is -0.176. The van der Waals surface area contributed by atoms with Crippen molar-refractivity contribution in [3.8, 4) is 0 Å². The molecule has 2 saturated heterocycles. The van der Waals surface area contributed by atoms with Crippen LogP contribution in [0.4, 0.5) is 0 Å². The summed E-state index contributed by atoms with van der Waals surface area (Å²) in [6.07, 6.45) is 6.24. The molecule has 1 saturated carbocycles. The Morgan fingerprint density at radius 2 is 1.85 bits per heavy atom. The highest BCUT2D eigenvalue weighted by molar-refractivity contribution is 7.89. The maximum absolute atomic E-state index is 13.2. The van der Waals surface area contributed by atoms with E-state index < -0.39 is 10.0 Å². The molecule has 3 fully saturated rings. The Balaban J connectivity index is 1.53. The third kappa shape index (κ3) is 3.52. The molecular formula is C19H27N3O3S. The van der Waals surface area contributed by atoms with Crippen molar-refractivity contribution in [2.45, 2.75) is 55.5 Å². The summed E-state index contributed by atoms with van der Waals surface area (Å²) >= 11 is 0. The number of fused-ring (bicyclic) bond motifs is 1. The summed E-state index contributed by atoms with van der Waals surface area (Å²) in [5.41, 5.74) is 0.426. The minimum Gasteiger partial charge on any atom is -0.349 e. The fraction of sp³-hybridized carbons (Fsp3) is 0.632. The second-order valence-electron chi connectivity index (χ2n) is 7.68. The average molecular weight is 378 g/mol. The molecule has 2 aliphatic heterocycles. The number of nitrogens with one attached hydrogen (secondary N) is 1. The Hall–Kier alpha value is -1.44. The Morgan fingerprint density at radius 3 is 2.62 bits per heavy atom. The van der Waals surface area contributed by atoms with E-state index in [0.717, 1.165) is 51.6 Å². The number of carbonyl (C=O) groups excluding carboxylic acids is 1. The molecule has 0 radical (unpaired) electrons. The molecule has 0 aromatic heterocycles. The van der Waals surface area contributed by atoms with Gasteiger partial charge in [0.2, 0.25) is 10.0 Å². The van der Waals surface area contributed by atoms with Crippen LogP contribution in [0.3, 0.4) is 0 Å². The molecule has 1 aromatic rings. The first kappa shape index (κ1) is 17.9. The molecule has 7 heteroatoms. The highest BCUT2D eigenvalue weighted by Crippen LogP contribution is 2.26. The van der Waals surface area contributed by atoms with E-state index in [1.165, 1.54) is 6.07 Å². The van der Waals surface area contributed by atoms with Gasteiger partial charge in [0.1, 0.15) is 0 Å². The van der Waals surface area contributed by atoms with Gasteiger partial charge in [-0.2, -0.15) is 4.31 Å². The van der Waals surface area contributed by atoms with Crippen LogP contribution in [0.25, 0.3) is 0 Å².